The Hall–Kier alpha value is -1.80. The van der Waals surface area contributed by atoms with Crippen LogP contribution in [0.3, 0.4) is 0 Å². The molecule has 2 aromatic heterocycles. The number of hydrogen-bond acceptors (Lipinski definition) is 6. The Balaban J connectivity index is 1.47. The van der Waals surface area contributed by atoms with Crippen LogP contribution in [0.15, 0.2) is 46.2 Å². The molecule has 8 heteroatoms. The number of ether oxygens (including phenoxy) is 1. The molecule has 6 nitrogen and oxygen atoms in total. The van der Waals surface area contributed by atoms with E-state index in [0.717, 1.165) is 27.9 Å². The molecule has 0 bridgehead atoms. The van der Waals surface area contributed by atoms with Crippen molar-refractivity contribution in [3.63, 3.8) is 0 Å². The summed E-state index contributed by atoms with van der Waals surface area (Å²) >= 11 is 7.29. The fourth-order valence-electron chi connectivity index (χ4n) is 2.40. The Bertz CT molecular complexity index is 848. The summed E-state index contributed by atoms with van der Waals surface area (Å²) in [6, 6.07) is 9.32. The van der Waals surface area contributed by atoms with Crippen molar-refractivity contribution in [3.05, 3.63) is 52.9 Å². The highest BCUT2D eigenvalue weighted by atomic mass is 35.5. The molecule has 0 saturated heterocycles. The van der Waals surface area contributed by atoms with Crippen LogP contribution in [0, 0.1) is 6.92 Å². The molecule has 1 N–H and O–H groups in total. The lowest BCUT2D eigenvalue weighted by Crippen LogP contribution is -2.18. The third kappa shape index (κ3) is 4.67. The number of thioether (sulfide) groups is 1. The molecule has 3 rings (SSSR count). The minimum Gasteiger partial charge on any atom is -0.469 e. The third-order valence-corrected chi connectivity index (χ3v) is 5.25. The van der Waals surface area contributed by atoms with Crippen LogP contribution in [0.25, 0.3) is 11.4 Å². The highest BCUT2D eigenvalue weighted by Gasteiger charge is 2.16. The van der Waals surface area contributed by atoms with E-state index in [4.69, 9.17) is 20.8 Å². The van der Waals surface area contributed by atoms with Crippen LogP contribution in [0.2, 0.25) is 5.02 Å². The smallest absolute Gasteiger partial charge is 0.191 e. The van der Waals surface area contributed by atoms with Crippen LogP contribution in [0.5, 0.6) is 0 Å². The summed E-state index contributed by atoms with van der Waals surface area (Å²) in [5, 5.41) is 20.0. The quantitative estimate of drug-likeness (QED) is 0.588. The van der Waals surface area contributed by atoms with Gasteiger partial charge in [-0.15, -0.1) is 10.2 Å². The van der Waals surface area contributed by atoms with Crippen LogP contribution in [-0.4, -0.2) is 38.3 Å². The van der Waals surface area contributed by atoms with Gasteiger partial charge in [0.1, 0.15) is 5.76 Å². The summed E-state index contributed by atoms with van der Waals surface area (Å²) in [5.41, 5.74) is 1.93. The molecule has 0 aliphatic carbocycles. The average Bonchev–Trinajstić information content (AvgIpc) is 3.20. The number of hydrogen-bond donors (Lipinski definition) is 1. The van der Waals surface area contributed by atoms with Crippen LogP contribution in [0.1, 0.15) is 11.3 Å². The number of benzene rings is 1. The second kappa shape index (κ2) is 8.73. The second-order valence-electron chi connectivity index (χ2n) is 5.86. The average molecular weight is 394 g/mol. The highest BCUT2D eigenvalue weighted by molar-refractivity contribution is 7.99. The molecule has 138 valence electrons. The summed E-state index contributed by atoms with van der Waals surface area (Å²) in [6.45, 7) is 2.58. The molecule has 0 fully saturated rings. The molecule has 1 aromatic carbocycles. The number of aryl methyl sites for hydroxylation is 1. The van der Waals surface area contributed by atoms with E-state index in [-0.39, 0.29) is 6.61 Å². The molecular formula is C18H20ClN3O3S. The van der Waals surface area contributed by atoms with Gasteiger partial charge in [-0.1, -0.05) is 35.5 Å². The summed E-state index contributed by atoms with van der Waals surface area (Å²) in [6.07, 6.45) is 1.04. The molecule has 1 atom stereocenters. The topological polar surface area (TPSA) is 73.3 Å². The van der Waals surface area contributed by atoms with Crippen molar-refractivity contribution in [1.29, 1.82) is 0 Å². The molecule has 0 aliphatic rings. The zero-order chi connectivity index (χ0) is 18.5. The fourth-order valence-corrected chi connectivity index (χ4v) is 3.35. The van der Waals surface area contributed by atoms with Gasteiger partial charge < -0.3 is 18.8 Å². The van der Waals surface area contributed by atoms with Gasteiger partial charge in [-0.25, -0.2) is 0 Å². The highest BCUT2D eigenvalue weighted by Crippen LogP contribution is 2.26. The number of aliphatic hydroxyl groups excluding tert-OH is 1. The number of furan rings is 1. The van der Waals surface area contributed by atoms with Gasteiger partial charge in [0, 0.05) is 17.8 Å². The van der Waals surface area contributed by atoms with Crippen LogP contribution in [-0.2, 0) is 18.4 Å². The summed E-state index contributed by atoms with van der Waals surface area (Å²) in [5.74, 6) is 2.01. The van der Waals surface area contributed by atoms with Crippen molar-refractivity contribution in [2.45, 2.75) is 24.8 Å². The van der Waals surface area contributed by atoms with Gasteiger partial charge in [0.05, 0.1) is 31.1 Å². The Morgan fingerprint density at radius 3 is 2.73 bits per heavy atom. The van der Waals surface area contributed by atoms with Crippen LogP contribution >= 0.6 is 23.4 Å². The lowest BCUT2D eigenvalue weighted by atomic mass is 10.2. The molecule has 26 heavy (non-hydrogen) atoms. The van der Waals surface area contributed by atoms with E-state index in [9.17, 15) is 5.11 Å². The van der Waals surface area contributed by atoms with Crippen molar-refractivity contribution < 1.29 is 14.3 Å². The normalized spacial score (nSPS) is 12.5. The maximum atomic E-state index is 10.1. The number of aromatic nitrogens is 3. The van der Waals surface area contributed by atoms with E-state index in [1.807, 2.05) is 48.9 Å². The van der Waals surface area contributed by atoms with Gasteiger partial charge in [-0.3, -0.25) is 0 Å². The van der Waals surface area contributed by atoms with Gasteiger partial charge in [0.25, 0.3) is 0 Å². The van der Waals surface area contributed by atoms with E-state index >= 15 is 0 Å². The summed E-state index contributed by atoms with van der Waals surface area (Å²) < 4.78 is 12.8. The molecule has 0 unspecified atom stereocenters. The first-order valence-corrected chi connectivity index (χ1v) is 9.48. The van der Waals surface area contributed by atoms with E-state index in [1.165, 1.54) is 11.8 Å². The molecule has 0 spiro atoms. The predicted molar refractivity (Wildman–Crippen MR) is 101 cm³/mol. The van der Waals surface area contributed by atoms with E-state index < -0.39 is 6.10 Å². The molecule has 3 aromatic rings. The number of nitrogens with zero attached hydrogens (tertiary/aromatic N) is 3. The Kier molecular flexibility index (Phi) is 6.37. The minimum atomic E-state index is -0.594. The zero-order valence-corrected chi connectivity index (χ0v) is 16.1. The molecular weight excluding hydrogens is 374 g/mol. The first kappa shape index (κ1) is 19.0. The third-order valence-electron chi connectivity index (χ3n) is 3.83. The maximum Gasteiger partial charge on any atom is 0.191 e. The second-order valence-corrected chi connectivity index (χ2v) is 7.29. The lowest BCUT2D eigenvalue weighted by molar-refractivity contribution is 0.0397. The van der Waals surface area contributed by atoms with Crippen molar-refractivity contribution >= 4 is 23.4 Å². The van der Waals surface area contributed by atoms with Crippen LogP contribution < -0.4 is 0 Å². The van der Waals surface area contributed by atoms with Gasteiger partial charge in [0.2, 0.25) is 0 Å². The monoisotopic (exact) mass is 393 g/mol. The molecule has 0 aliphatic heterocycles. The van der Waals surface area contributed by atoms with Crippen molar-refractivity contribution in [2.24, 2.45) is 7.05 Å². The standard InChI is InChI=1S/C18H20ClN3O3S/c1-12-16(7-8-25-12)17-20-21-18(22(17)2)26-11-15(23)10-24-9-13-3-5-14(19)6-4-13/h3-8,15,23H,9-11H2,1-2H3/t15-/m0/s1. The van der Waals surface area contributed by atoms with E-state index in [1.54, 1.807) is 6.26 Å². The SMILES string of the molecule is Cc1occc1-c1nnc(SC[C@@H](O)COCc2ccc(Cl)cc2)n1C. The zero-order valence-electron chi connectivity index (χ0n) is 14.6. The molecule has 2 heterocycles. The Morgan fingerprint density at radius 1 is 1.27 bits per heavy atom. The summed E-state index contributed by atoms with van der Waals surface area (Å²) in [7, 11) is 1.90. The molecule has 0 saturated carbocycles. The minimum absolute atomic E-state index is 0.251. The van der Waals surface area contributed by atoms with Gasteiger partial charge in [-0.2, -0.15) is 0 Å². The van der Waals surface area contributed by atoms with Crippen molar-refractivity contribution in [1.82, 2.24) is 14.8 Å². The van der Waals surface area contributed by atoms with Crippen LogP contribution in [0.4, 0.5) is 0 Å². The van der Waals surface area contributed by atoms with Gasteiger partial charge in [-0.05, 0) is 30.7 Å². The fraction of sp³-hybridized carbons (Fsp3) is 0.333. The Morgan fingerprint density at radius 2 is 2.04 bits per heavy atom. The first-order valence-electron chi connectivity index (χ1n) is 8.11. The molecule has 0 amide bonds. The number of rotatable bonds is 8. The Labute approximate surface area is 161 Å². The van der Waals surface area contributed by atoms with Gasteiger partial charge >= 0.3 is 0 Å². The van der Waals surface area contributed by atoms with E-state index in [0.29, 0.717) is 17.4 Å². The number of halogens is 1. The summed E-state index contributed by atoms with van der Waals surface area (Å²) in [4.78, 5) is 0. The first-order chi connectivity index (χ1) is 12.5. The molecule has 0 radical (unpaired) electrons. The van der Waals surface area contributed by atoms with Crippen molar-refractivity contribution in [2.75, 3.05) is 12.4 Å². The predicted octanol–water partition coefficient (Wildman–Crippen LogP) is 3.71. The van der Waals surface area contributed by atoms with Gasteiger partial charge in [0.15, 0.2) is 11.0 Å². The van der Waals surface area contributed by atoms with E-state index in [2.05, 4.69) is 10.2 Å². The largest absolute Gasteiger partial charge is 0.469 e. The number of aliphatic hydroxyl groups is 1. The van der Waals surface area contributed by atoms with Crippen molar-refractivity contribution in [3.8, 4) is 11.4 Å². The maximum absolute atomic E-state index is 10.1. The lowest BCUT2D eigenvalue weighted by Gasteiger charge is -2.11.